The monoisotopic (exact) mass is 367 g/mol. The molecule has 0 bridgehead atoms. The van der Waals surface area contributed by atoms with E-state index in [1.165, 1.54) is 4.90 Å². The average molecular weight is 367 g/mol. The first-order valence-electron chi connectivity index (χ1n) is 9.01. The topological polar surface area (TPSA) is 92.4 Å². The van der Waals surface area contributed by atoms with Crippen molar-refractivity contribution in [2.75, 3.05) is 19.8 Å². The molecule has 27 heavy (non-hydrogen) atoms. The van der Waals surface area contributed by atoms with E-state index in [9.17, 15) is 9.59 Å². The molecule has 2 N–H and O–H groups in total. The van der Waals surface area contributed by atoms with Crippen molar-refractivity contribution in [3.63, 3.8) is 0 Å². The minimum Gasteiger partial charge on any atom is -0.368 e. The van der Waals surface area contributed by atoms with Crippen LogP contribution in [0.25, 0.3) is 11.3 Å². The molecule has 0 radical (unpaired) electrons. The normalized spacial score (nSPS) is 15.6. The Hall–Kier alpha value is -2.96. The Labute approximate surface area is 159 Å². The van der Waals surface area contributed by atoms with E-state index >= 15 is 0 Å². The van der Waals surface area contributed by atoms with E-state index in [-0.39, 0.29) is 36.6 Å². The molecule has 142 valence electrons. The number of fused-ring (bicyclic) bond motifs is 1. The van der Waals surface area contributed by atoms with Crippen molar-refractivity contribution in [3.8, 4) is 11.3 Å². The Morgan fingerprint density at radius 3 is 2.67 bits per heavy atom. The molecule has 0 saturated heterocycles. The van der Waals surface area contributed by atoms with Gasteiger partial charge >= 0.3 is 0 Å². The first-order chi connectivity index (χ1) is 12.8. The summed E-state index contributed by atoms with van der Waals surface area (Å²) >= 11 is 0. The second-order valence-electron chi connectivity index (χ2n) is 7.15. The fourth-order valence-corrected chi connectivity index (χ4v) is 3.39. The number of amides is 2. The van der Waals surface area contributed by atoms with Crippen LogP contribution in [0.15, 0.2) is 24.3 Å². The highest BCUT2D eigenvalue weighted by Crippen LogP contribution is 2.38. The molecule has 1 aliphatic heterocycles. The highest BCUT2D eigenvalue weighted by molar-refractivity contribution is 5.84. The number of nitrogens with zero attached hydrogens (tertiary/aromatic N) is 4. The Morgan fingerprint density at radius 1 is 1.26 bits per heavy atom. The number of carbonyl (C=O) groups excluding carboxylic acids is 2. The van der Waals surface area contributed by atoms with Crippen molar-refractivity contribution in [3.05, 3.63) is 41.1 Å². The average Bonchev–Trinajstić information content (AvgIpc) is 2.95. The van der Waals surface area contributed by atoms with Gasteiger partial charge in [-0.3, -0.25) is 9.59 Å². The van der Waals surface area contributed by atoms with Gasteiger partial charge in [0.05, 0.1) is 24.0 Å². The van der Waals surface area contributed by atoms with Crippen LogP contribution in [0.4, 0.5) is 5.95 Å². The number of aromatic nitrogens is 2. The Kier molecular flexibility index (Phi) is 5.12. The number of benzene rings is 1. The van der Waals surface area contributed by atoms with Crippen molar-refractivity contribution in [1.29, 1.82) is 0 Å². The third-order valence-electron chi connectivity index (χ3n) is 4.91. The summed E-state index contributed by atoms with van der Waals surface area (Å²) in [4.78, 5) is 36.6. The van der Waals surface area contributed by atoms with E-state index < -0.39 is 0 Å². The third kappa shape index (κ3) is 3.77. The standard InChI is InChI=1S/C20H25N5O2/c1-12-6-5-7-14(10-12)19-15-11-25(13(2)18(15)22-20(21)23-19)17(27)9-8-16(26)24(3)4/h5-7,10,13H,8-9,11H2,1-4H3,(H2,21,22,23). The molecule has 1 aliphatic rings. The number of anilines is 1. The van der Waals surface area contributed by atoms with Crippen molar-refractivity contribution >= 4 is 17.8 Å². The predicted molar refractivity (Wildman–Crippen MR) is 104 cm³/mol. The summed E-state index contributed by atoms with van der Waals surface area (Å²) in [5, 5.41) is 0. The zero-order valence-corrected chi connectivity index (χ0v) is 16.2. The predicted octanol–water partition coefficient (Wildman–Crippen LogP) is 2.31. The Bertz CT molecular complexity index is 894. The molecule has 0 fully saturated rings. The number of hydrogen-bond donors (Lipinski definition) is 1. The largest absolute Gasteiger partial charge is 0.368 e. The van der Waals surface area contributed by atoms with Gasteiger partial charge in [0.25, 0.3) is 0 Å². The second-order valence-corrected chi connectivity index (χ2v) is 7.15. The lowest BCUT2D eigenvalue weighted by atomic mass is 10.0. The number of hydrogen-bond acceptors (Lipinski definition) is 5. The quantitative estimate of drug-likeness (QED) is 0.895. The van der Waals surface area contributed by atoms with Gasteiger partial charge in [0.15, 0.2) is 0 Å². The lowest BCUT2D eigenvalue weighted by Crippen LogP contribution is -2.30. The van der Waals surface area contributed by atoms with Gasteiger partial charge in [-0.2, -0.15) is 0 Å². The van der Waals surface area contributed by atoms with E-state index in [0.717, 1.165) is 28.1 Å². The number of nitrogen functional groups attached to an aromatic ring is 1. The summed E-state index contributed by atoms with van der Waals surface area (Å²) in [5.74, 6) is 0.0795. The highest BCUT2D eigenvalue weighted by atomic mass is 16.2. The zero-order valence-electron chi connectivity index (χ0n) is 16.2. The molecule has 1 aromatic heterocycles. The maximum absolute atomic E-state index is 12.7. The smallest absolute Gasteiger partial charge is 0.223 e. The molecule has 2 heterocycles. The van der Waals surface area contributed by atoms with Crippen LogP contribution in [0.1, 0.15) is 42.6 Å². The third-order valence-corrected chi connectivity index (χ3v) is 4.91. The first kappa shape index (κ1) is 18.8. The maximum atomic E-state index is 12.7. The van der Waals surface area contributed by atoms with Crippen LogP contribution in [0, 0.1) is 6.92 Å². The van der Waals surface area contributed by atoms with E-state index in [1.807, 2.05) is 38.1 Å². The van der Waals surface area contributed by atoms with Gasteiger partial charge < -0.3 is 15.5 Å². The Balaban J connectivity index is 1.88. The van der Waals surface area contributed by atoms with Gasteiger partial charge in [-0.05, 0) is 19.9 Å². The van der Waals surface area contributed by atoms with Crippen LogP contribution in [0.5, 0.6) is 0 Å². The summed E-state index contributed by atoms with van der Waals surface area (Å²) in [7, 11) is 3.38. The molecule has 2 amide bonds. The molecular weight excluding hydrogens is 342 g/mol. The van der Waals surface area contributed by atoms with E-state index in [4.69, 9.17) is 5.73 Å². The molecule has 3 rings (SSSR count). The van der Waals surface area contributed by atoms with Gasteiger partial charge in [0.2, 0.25) is 17.8 Å². The fourth-order valence-electron chi connectivity index (χ4n) is 3.39. The SMILES string of the molecule is Cc1cccc(-c2nc(N)nc3c2CN(C(=O)CCC(=O)N(C)C)C3C)c1. The number of nitrogens with two attached hydrogens (primary N) is 1. The van der Waals surface area contributed by atoms with Crippen LogP contribution in [0.3, 0.4) is 0 Å². The van der Waals surface area contributed by atoms with Gasteiger partial charge in [-0.1, -0.05) is 23.8 Å². The van der Waals surface area contributed by atoms with Crippen molar-refractivity contribution < 1.29 is 9.59 Å². The van der Waals surface area contributed by atoms with Crippen molar-refractivity contribution in [2.24, 2.45) is 0 Å². The molecule has 0 spiro atoms. The van der Waals surface area contributed by atoms with Crippen LogP contribution < -0.4 is 5.73 Å². The molecule has 2 aromatic rings. The van der Waals surface area contributed by atoms with Gasteiger partial charge in [-0.25, -0.2) is 9.97 Å². The molecule has 1 unspecified atom stereocenters. The maximum Gasteiger partial charge on any atom is 0.223 e. The zero-order chi connectivity index (χ0) is 19.7. The van der Waals surface area contributed by atoms with Crippen LogP contribution in [-0.2, 0) is 16.1 Å². The molecule has 0 saturated carbocycles. The summed E-state index contributed by atoms with van der Waals surface area (Å²) in [5.41, 5.74) is 10.5. The van der Waals surface area contributed by atoms with Crippen LogP contribution in [0.2, 0.25) is 0 Å². The fraction of sp³-hybridized carbons (Fsp3) is 0.400. The number of carbonyl (C=O) groups is 2. The van der Waals surface area contributed by atoms with E-state index in [0.29, 0.717) is 6.54 Å². The summed E-state index contributed by atoms with van der Waals surface area (Å²) < 4.78 is 0. The second kappa shape index (κ2) is 7.34. The lowest BCUT2D eigenvalue weighted by Gasteiger charge is -2.21. The highest BCUT2D eigenvalue weighted by Gasteiger charge is 2.34. The van der Waals surface area contributed by atoms with Crippen molar-refractivity contribution in [1.82, 2.24) is 19.8 Å². The van der Waals surface area contributed by atoms with Gasteiger partial charge in [0.1, 0.15) is 0 Å². The van der Waals surface area contributed by atoms with E-state index in [2.05, 4.69) is 9.97 Å². The molecular formula is C20H25N5O2. The molecule has 7 heteroatoms. The molecule has 1 aromatic carbocycles. The number of rotatable bonds is 4. The number of aryl methyl sites for hydroxylation is 1. The van der Waals surface area contributed by atoms with Gasteiger partial charge in [-0.15, -0.1) is 0 Å². The minimum atomic E-state index is -0.198. The summed E-state index contributed by atoms with van der Waals surface area (Å²) in [6.07, 6.45) is 0.377. The Morgan fingerprint density at radius 2 is 2.00 bits per heavy atom. The molecule has 1 atom stereocenters. The molecule has 7 nitrogen and oxygen atoms in total. The summed E-state index contributed by atoms with van der Waals surface area (Å²) in [6, 6.07) is 7.83. The summed E-state index contributed by atoms with van der Waals surface area (Å²) in [6.45, 7) is 4.38. The minimum absolute atomic E-state index is 0.0581. The first-order valence-corrected chi connectivity index (χ1v) is 9.01. The molecule has 0 aliphatic carbocycles. The van der Waals surface area contributed by atoms with Crippen LogP contribution in [-0.4, -0.2) is 45.7 Å². The lowest BCUT2D eigenvalue weighted by molar-refractivity contribution is -0.137. The van der Waals surface area contributed by atoms with Gasteiger partial charge in [0, 0.05) is 38.1 Å². The van der Waals surface area contributed by atoms with Crippen LogP contribution >= 0.6 is 0 Å². The van der Waals surface area contributed by atoms with E-state index in [1.54, 1.807) is 19.0 Å². The van der Waals surface area contributed by atoms with Crippen molar-refractivity contribution in [2.45, 2.75) is 39.3 Å².